The fourth-order valence-electron chi connectivity index (χ4n) is 2.75. The number of anilines is 1. The topological polar surface area (TPSA) is 58.6 Å². The first-order chi connectivity index (χ1) is 12.0. The van der Waals surface area contributed by atoms with Crippen LogP contribution in [0.4, 0.5) is 18.9 Å². The summed E-state index contributed by atoms with van der Waals surface area (Å²) in [4.78, 5) is 1.85. The Morgan fingerprint density at radius 3 is 2.42 bits per heavy atom. The first kappa shape index (κ1) is 20.8. The van der Waals surface area contributed by atoms with Crippen LogP contribution in [0.2, 0.25) is 0 Å². The molecule has 5 nitrogen and oxygen atoms in total. The first-order valence-corrected chi connectivity index (χ1v) is 10.3. The normalized spacial score (nSPS) is 19.4. The van der Waals surface area contributed by atoms with Gasteiger partial charge in [0.25, 0.3) is 0 Å². The van der Waals surface area contributed by atoms with Gasteiger partial charge >= 0.3 is 6.36 Å². The van der Waals surface area contributed by atoms with E-state index in [-0.39, 0.29) is 29.2 Å². The van der Waals surface area contributed by atoms with Crippen molar-refractivity contribution in [2.45, 2.75) is 32.7 Å². The highest BCUT2D eigenvalue weighted by Gasteiger charge is 2.34. The highest BCUT2D eigenvalue weighted by molar-refractivity contribution is 7.91. The number of benzene rings is 1. The van der Waals surface area contributed by atoms with Crippen molar-refractivity contribution in [1.29, 1.82) is 0 Å². The van der Waals surface area contributed by atoms with Gasteiger partial charge < -0.3 is 15.0 Å². The molecule has 0 unspecified atom stereocenters. The number of nitrogens with one attached hydrogen (secondary N) is 1. The van der Waals surface area contributed by atoms with Gasteiger partial charge in [-0.2, -0.15) is 0 Å². The minimum absolute atomic E-state index is 0.0555. The second kappa shape index (κ2) is 7.99. The zero-order valence-electron chi connectivity index (χ0n) is 14.4. The van der Waals surface area contributed by atoms with Crippen LogP contribution in [-0.2, 0) is 9.84 Å². The lowest BCUT2D eigenvalue weighted by Crippen LogP contribution is -2.45. The Morgan fingerprint density at radius 2 is 1.96 bits per heavy atom. The van der Waals surface area contributed by atoms with Crippen LogP contribution in [-0.4, -0.2) is 48.9 Å². The molecule has 1 fully saturated rings. The van der Waals surface area contributed by atoms with E-state index in [1.165, 1.54) is 24.3 Å². The third-order valence-corrected chi connectivity index (χ3v) is 5.90. The maximum Gasteiger partial charge on any atom is 0.573 e. The number of ether oxygens (including phenoxy) is 1. The number of rotatable bonds is 5. The zero-order chi connectivity index (χ0) is 19.5. The molecule has 146 valence electrons. The van der Waals surface area contributed by atoms with E-state index in [2.05, 4.69) is 10.1 Å². The third-order valence-electron chi connectivity index (χ3n) is 3.81. The van der Waals surface area contributed by atoms with E-state index >= 15 is 0 Å². The van der Waals surface area contributed by atoms with Crippen LogP contribution < -0.4 is 10.1 Å². The van der Waals surface area contributed by atoms with Crippen molar-refractivity contribution in [3.05, 3.63) is 24.3 Å². The first-order valence-electron chi connectivity index (χ1n) is 8.09. The van der Waals surface area contributed by atoms with Crippen LogP contribution >= 0.6 is 12.2 Å². The van der Waals surface area contributed by atoms with Crippen LogP contribution in [0.5, 0.6) is 5.75 Å². The summed E-state index contributed by atoms with van der Waals surface area (Å²) in [7, 11) is -3.06. The fourth-order valence-corrected chi connectivity index (χ4v) is 4.82. The van der Waals surface area contributed by atoms with Crippen molar-refractivity contribution in [1.82, 2.24) is 4.90 Å². The number of halogens is 3. The second-order valence-corrected chi connectivity index (χ2v) is 9.22. The molecule has 0 aromatic heterocycles. The van der Waals surface area contributed by atoms with Crippen LogP contribution in [0.3, 0.4) is 0 Å². The molecule has 1 aliphatic heterocycles. The summed E-state index contributed by atoms with van der Waals surface area (Å²) < 4.78 is 64.0. The van der Waals surface area contributed by atoms with E-state index in [1.807, 2.05) is 18.7 Å². The molecule has 0 bridgehead atoms. The summed E-state index contributed by atoms with van der Waals surface area (Å²) in [5.74, 6) is 0.133. The van der Waals surface area contributed by atoms with Gasteiger partial charge in [0.15, 0.2) is 14.9 Å². The largest absolute Gasteiger partial charge is 0.573 e. The Balaban J connectivity index is 2.07. The highest BCUT2D eigenvalue weighted by Crippen LogP contribution is 2.25. The highest BCUT2D eigenvalue weighted by atomic mass is 32.2. The van der Waals surface area contributed by atoms with Gasteiger partial charge in [-0.25, -0.2) is 8.42 Å². The predicted molar refractivity (Wildman–Crippen MR) is 97.9 cm³/mol. The van der Waals surface area contributed by atoms with E-state index < -0.39 is 16.2 Å². The molecule has 1 saturated heterocycles. The van der Waals surface area contributed by atoms with Crippen LogP contribution in [0.25, 0.3) is 0 Å². The van der Waals surface area contributed by atoms with Crippen molar-refractivity contribution in [2.24, 2.45) is 5.92 Å². The van der Waals surface area contributed by atoms with Gasteiger partial charge in [-0.05, 0) is 48.8 Å². The SMILES string of the molecule is CC(C)CN(C(=S)Nc1ccc(OC(F)(F)F)cc1)[C@@H]1CCS(=O)(=O)C1. The van der Waals surface area contributed by atoms with Gasteiger partial charge in [0.1, 0.15) is 5.75 Å². The Morgan fingerprint density at radius 1 is 1.35 bits per heavy atom. The van der Waals surface area contributed by atoms with Crippen LogP contribution in [0.15, 0.2) is 24.3 Å². The van der Waals surface area contributed by atoms with Gasteiger partial charge in [-0.1, -0.05) is 13.8 Å². The molecule has 0 amide bonds. The molecule has 0 aliphatic carbocycles. The average Bonchev–Trinajstić information content (AvgIpc) is 2.85. The lowest BCUT2D eigenvalue weighted by atomic mass is 10.1. The lowest BCUT2D eigenvalue weighted by molar-refractivity contribution is -0.274. The maximum absolute atomic E-state index is 12.2. The van der Waals surface area contributed by atoms with Crippen molar-refractivity contribution in [2.75, 3.05) is 23.4 Å². The van der Waals surface area contributed by atoms with Crippen LogP contribution in [0.1, 0.15) is 20.3 Å². The number of nitrogens with zero attached hydrogens (tertiary/aromatic N) is 1. The lowest BCUT2D eigenvalue weighted by Gasteiger charge is -2.32. The maximum atomic E-state index is 12.2. The zero-order valence-corrected chi connectivity index (χ0v) is 16.0. The molecule has 0 spiro atoms. The molecule has 2 rings (SSSR count). The Hall–Kier alpha value is -1.55. The molecule has 1 atom stereocenters. The molecule has 1 aromatic rings. The molecule has 1 aliphatic rings. The third kappa shape index (κ3) is 6.31. The molecule has 10 heteroatoms. The van der Waals surface area contributed by atoms with Gasteiger partial charge in [-0.15, -0.1) is 13.2 Å². The number of hydrogen-bond donors (Lipinski definition) is 1. The number of alkyl halides is 3. The average molecular weight is 410 g/mol. The Kier molecular flexibility index (Phi) is 6.38. The molecule has 26 heavy (non-hydrogen) atoms. The van der Waals surface area contributed by atoms with Gasteiger partial charge in [-0.3, -0.25) is 0 Å². The fraction of sp³-hybridized carbons (Fsp3) is 0.562. The summed E-state index contributed by atoms with van der Waals surface area (Å²) in [6, 6.07) is 5.02. The number of sulfone groups is 1. The summed E-state index contributed by atoms with van der Waals surface area (Å²) in [6.45, 7) is 4.59. The van der Waals surface area contributed by atoms with Gasteiger partial charge in [0, 0.05) is 18.3 Å². The number of hydrogen-bond acceptors (Lipinski definition) is 4. The summed E-state index contributed by atoms with van der Waals surface area (Å²) >= 11 is 5.42. The van der Waals surface area contributed by atoms with E-state index in [9.17, 15) is 21.6 Å². The minimum atomic E-state index is -4.74. The van der Waals surface area contributed by atoms with Gasteiger partial charge in [0.2, 0.25) is 0 Å². The molecular weight excluding hydrogens is 389 g/mol. The predicted octanol–water partition coefficient (Wildman–Crippen LogP) is 3.43. The summed E-state index contributed by atoms with van der Waals surface area (Å²) in [5, 5.41) is 3.32. The minimum Gasteiger partial charge on any atom is -0.406 e. The molecule has 0 radical (unpaired) electrons. The smallest absolute Gasteiger partial charge is 0.406 e. The Bertz CT molecular complexity index is 734. The quantitative estimate of drug-likeness (QED) is 0.751. The second-order valence-electron chi connectivity index (χ2n) is 6.61. The van der Waals surface area contributed by atoms with Gasteiger partial charge in [0.05, 0.1) is 11.5 Å². The molecule has 1 heterocycles. The summed E-state index contributed by atoms with van der Waals surface area (Å²) in [6.07, 6.45) is -4.23. The molecule has 1 aromatic carbocycles. The summed E-state index contributed by atoms with van der Waals surface area (Å²) in [5.41, 5.74) is 0.499. The van der Waals surface area contributed by atoms with E-state index in [4.69, 9.17) is 12.2 Å². The van der Waals surface area contributed by atoms with Crippen molar-refractivity contribution in [3.8, 4) is 5.75 Å². The van der Waals surface area contributed by atoms with Crippen molar-refractivity contribution >= 4 is 32.9 Å². The van der Waals surface area contributed by atoms with E-state index in [0.29, 0.717) is 23.8 Å². The van der Waals surface area contributed by atoms with Crippen molar-refractivity contribution in [3.63, 3.8) is 0 Å². The molecule has 0 saturated carbocycles. The van der Waals surface area contributed by atoms with Crippen LogP contribution in [0, 0.1) is 5.92 Å². The van der Waals surface area contributed by atoms with Crippen molar-refractivity contribution < 1.29 is 26.3 Å². The number of thiocarbonyl (C=S) groups is 1. The van der Waals surface area contributed by atoms with E-state index in [1.54, 1.807) is 0 Å². The Labute approximate surface area is 156 Å². The molecule has 1 N–H and O–H groups in total. The molecular formula is C16H21F3N2O3S2. The monoisotopic (exact) mass is 410 g/mol. The van der Waals surface area contributed by atoms with E-state index in [0.717, 1.165) is 0 Å². The standard InChI is InChI=1S/C16H21F3N2O3S2/c1-11(2)9-21(13-7-8-26(22,23)10-13)15(25)20-12-3-5-14(6-4-12)24-16(17,18)19/h3-6,11,13H,7-10H2,1-2H3,(H,20,25)/t13-/m1/s1.